The van der Waals surface area contributed by atoms with Crippen LogP contribution in [0.5, 0.6) is 0 Å². The van der Waals surface area contributed by atoms with Crippen molar-refractivity contribution in [2.45, 2.75) is 0 Å². The fourth-order valence-electron chi connectivity index (χ4n) is 0.609. The summed E-state index contributed by atoms with van der Waals surface area (Å²) >= 11 is 1.60. The molecule has 0 aromatic heterocycles. The van der Waals surface area contributed by atoms with Gasteiger partial charge in [-0.05, 0) is 23.6 Å². The van der Waals surface area contributed by atoms with E-state index in [4.69, 9.17) is 0 Å². The number of hydrogen-bond acceptors (Lipinski definition) is 1. The lowest BCUT2D eigenvalue weighted by Gasteiger charge is -1.89. The molecule has 1 rings (SSSR count). The highest BCUT2D eigenvalue weighted by molar-refractivity contribution is 8.06. The molecule has 0 unspecified atom stereocenters. The minimum atomic E-state index is 1.17. The summed E-state index contributed by atoms with van der Waals surface area (Å²) in [6.07, 6.45) is 9.79. The zero-order valence-electron chi connectivity index (χ0n) is 5.58. The lowest BCUT2D eigenvalue weighted by Crippen LogP contribution is -1.61. The first-order valence-corrected chi connectivity index (χ1v) is 3.88. The molecule has 1 aliphatic rings. The lowest BCUT2D eigenvalue weighted by molar-refractivity contribution is 1.91. The van der Waals surface area contributed by atoms with E-state index < -0.39 is 0 Å². The van der Waals surface area contributed by atoms with Crippen molar-refractivity contribution in [1.29, 1.82) is 0 Å². The summed E-state index contributed by atoms with van der Waals surface area (Å²) in [5.41, 5.74) is 3.01. The highest BCUT2D eigenvalue weighted by atomic mass is 32.2. The Balaban J connectivity index is 2.75. The summed E-state index contributed by atoms with van der Waals surface area (Å²) in [6.45, 7) is 3.63. The molecule has 0 aromatic rings. The Morgan fingerprint density at radius 1 is 1.50 bits per heavy atom. The van der Waals surface area contributed by atoms with E-state index in [2.05, 4.69) is 12.3 Å². The molecule has 1 heteroatoms. The van der Waals surface area contributed by atoms with Crippen molar-refractivity contribution in [3.05, 3.63) is 53.0 Å². The van der Waals surface area contributed by atoms with Gasteiger partial charge in [0, 0.05) is 4.91 Å². The van der Waals surface area contributed by atoms with Crippen LogP contribution < -0.4 is 0 Å². The summed E-state index contributed by atoms with van der Waals surface area (Å²) < 4.78 is 0. The van der Waals surface area contributed by atoms with Crippen molar-refractivity contribution in [2.24, 2.45) is 0 Å². The van der Waals surface area contributed by atoms with Gasteiger partial charge < -0.3 is 0 Å². The van der Waals surface area contributed by atoms with Gasteiger partial charge in [0.15, 0.2) is 0 Å². The van der Waals surface area contributed by atoms with Crippen LogP contribution >= 0.6 is 11.8 Å². The smallest absolute Gasteiger partial charge is 0.0193 e. The molecule has 0 saturated carbocycles. The minimum Gasteiger partial charge on any atom is -0.120 e. The van der Waals surface area contributed by atoms with Crippen molar-refractivity contribution in [3.8, 4) is 0 Å². The predicted octanol–water partition coefficient (Wildman–Crippen LogP) is 3.03. The van der Waals surface area contributed by atoms with Crippen molar-refractivity contribution < 1.29 is 0 Å². The molecule has 0 aromatic carbocycles. The average Bonchev–Trinajstić information content (AvgIpc) is 2.17. The number of hydrogen-bond donors (Lipinski definition) is 0. The molecular formula is C9H8S. The van der Waals surface area contributed by atoms with E-state index in [0.717, 1.165) is 0 Å². The predicted molar refractivity (Wildman–Crippen MR) is 47.7 cm³/mol. The van der Waals surface area contributed by atoms with E-state index in [1.807, 2.05) is 35.8 Å². The van der Waals surface area contributed by atoms with Gasteiger partial charge in [0.1, 0.15) is 0 Å². The van der Waals surface area contributed by atoms with Crippen LogP contribution in [0.25, 0.3) is 0 Å². The normalized spacial score (nSPS) is 14.6. The van der Waals surface area contributed by atoms with E-state index in [1.54, 1.807) is 11.8 Å². The third-order valence-corrected chi connectivity index (χ3v) is 1.70. The monoisotopic (exact) mass is 148 g/mol. The third kappa shape index (κ3) is 2.14. The number of allylic oxidation sites excluding steroid dienone is 4. The van der Waals surface area contributed by atoms with Crippen LogP contribution in [0.2, 0.25) is 0 Å². The van der Waals surface area contributed by atoms with Gasteiger partial charge in [-0.1, -0.05) is 30.5 Å². The molecule has 0 radical (unpaired) electrons. The second kappa shape index (κ2) is 3.99. The van der Waals surface area contributed by atoms with E-state index in [-0.39, 0.29) is 0 Å². The van der Waals surface area contributed by atoms with E-state index in [9.17, 15) is 0 Å². The molecule has 0 spiro atoms. The van der Waals surface area contributed by atoms with E-state index in [0.29, 0.717) is 0 Å². The van der Waals surface area contributed by atoms with Crippen molar-refractivity contribution in [3.63, 3.8) is 0 Å². The van der Waals surface area contributed by atoms with Gasteiger partial charge in [-0.2, -0.15) is 0 Å². The first kappa shape index (κ1) is 7.20. The second-order valence-corrected chi connectivity index (χ2v) is 2.76. The van der Waals surface area contributed by atoms with Crippen LogP contribution in [0.1, 0.15) is 0 Å². The highest BCUT2D eigenvalue weighted by Crippen LogP contribution is 2.17. The van der Waals surface area contributed by atoms with Crippen LogP contribution in [0.4, 0.5) is 0 Å². The van der Waals surface area contributed by atoms with Gasteiger partial charge >= 0.3 is 0 Å². The van der Waals surface area contributed by atoms with E-state index in [1.165, 1.54) is 4.91 Å². The van der Waals surface area contributed by atoms with Crippen LogP contribution in [0, 0.1) is 0 Å². The molecule has 0 heterocycles. The molecule has 1 aliphatic carbocycles. The molecule has 0 bridgehead atoms. The molecule has 50 valence electrons. The standard InChI is InChI=1S/C9H8S/c1-2-10-9-7-5-3-4-6-8-9/h2-5,7-8H,1H2. The van der Waals surface area contributed by atoms with Gasteiger partial charge in [0.05, 0.1) is 0 Å². The van der Waals surface area contributed by atoms with Gasteiger partial charge in [0.2, 0.25) is 0 Å². The quantitative estimate of drug-likeness (QED) is 0.542. The van der Waals surface area contributed by atoms with Crippen LogP contribution in [-0.2, 0) is 0 Å². The van der Waals surface area contributed by atoms with Crippen molar-refractivity contribution in [1.82, 2.24) is 0 Å². The van der Waals surface area contributed by atoms with Gasteiger partial charge in [-0.15, -0.1) is 5.73 Å². The Morgan fingerprint density at radius 3 is 3.20 bits per heavy atom. The molecule has 0 atom stereocenters. The summed E-state index contributed by atoms with van der Waals surface area (Å²) in [5.74, 6) is 0. The Hall–Kier alpha value is -0.910. The number of rotatable bonds is 2. The van der Waals surface area contributed by atoms with Crippen LogP contribution in [0.3, 0.4) is 0 Å². The minimum absolute atomic E-state index is 1.17. The molecule has 0 fully saturated rings. The fourth-order valence-corrected chi connectivity index (χ4v) is 1.10. The second-order valence-electron chi connectivity index (χ2n) is 1.72. The summed E-state index contributed by atoms with van der Waals surface area (Å²) in [6, 6.07) is 0. The average molecular weight is 148 g/mol. The van der Waals surface area contributed by atoms with Crippen LogP contribution in [0.15, 0.2) is 53.0 Å². The zero-order chi connectivity index (χ0) is 7.23. The molecule has 0 saturated heterocycles. The Bertz CT molecular complexity index is 237. The molecule has 0 N–H and O–H groups in total. The molecular weight excluding hydrogens is 140 g/mol. The van der Waals surface area contributed by atoms with Gasteiger partial charge in [-0.3, -0.25) is 0 Å². The molecule has 0 aliphatic heterocycles. The summed E-state index contributed by atoms with van der Waals surface area (Å²) in [7, 11) is 0. The van der Waals surface area contributed by atoms with E-state index >= 15 is 0 Å². The Kier molecular flexibility index (Phi) is 2.88. The summed E-state index contributed by atoms with van der Waals surface area (Å²) in [5, 5.41) is 1.81. The van der Waals surface area contributed by atoms with Crippen molar-refractivity contribution in [2.75, 3.05) is 0 Å². The molecule has 0 amide bonds. The third-order valence-electron chi connectivity index (χ3n) is 1.01. The van der Waals surface area contributed by atoms with Gasteiger partial charge in [-0.25, -0.2) is 0 Å². The van der Waals surface area contributed by atoms with Crippen molar-refractivity contribution >= 4 is 11.8 Å². The molecule has 0 nitrogen and oxygen atoms in total. The highest BCUT2D eigenvalue weighted by Gasteiger charge is 1.86. The Morgan fingerprint density at radius 2 is 2.40 bits per heavy atom. The number of thioether (sulfide) groups is 1. The summed E-state index contributed by atoms with van der Waals surface area (Å²) in [4.78, 5) is 1.17. The maximum absolute atomic E-state index is 3.63. The first-order valence-electron chi connectivity index (χ1n) is 3.00. The molecule has 10 heavy (non-hydrogen) atoms. The Labute approximate surface area is 65.3 Å². The first-order chi connectivity index (χ1) is 4.93. The SMILES string of the molecule is C=CSC1=CC=CC=C=C1. The largest absolute Gasteiger partial charge is 0.120 e. The topological polar surface area (TPSA) is 0 Å². The maximum Gasteiger partial charge on any atom is 0.0193 e. The lowest BCUT2D eigenvalue weighted by atomic mass is 10.5. The fraction of sp³-hybridized carbons (Fsp3) is 0. The van der Waals surface area contributed by atoms with Crippen LogP contribution in [-0.4, -0.2) is 0 Å². The zero-order valence-corrected chi connectivity index (χ0v) is 6.40. The maximum atomic E-state index is 3.63. The van der Waals surface area contributed by atoms with Gasteiger partial charge in [0.25, 0.3) is 0 Å².